The van der Waals surface area contributed by atoms with Gasteiger partial charge in [0.2, 0.25) is 0 Å². The number of halogens is 1. The van der Waals surface area contributed by atoms with Gasteiger partial charge in [0.05, 0.1) is 23.7 Å². The van der Waals surface area contributed by atoms with E-state index >= 15 is 0 Å². The molecule has 9 nitrogen and oxygen atoms in total. The van der Waals surface area contributed by atoms with Crippen LogP contribution in [0.25, 0.3) is 5.82 Å². The average molecular weight is 820 g/mol. The number of Topliss-reactive ketones (excluding diaryl/α,β-unsaturated/α-hetero) is 1. The Morgan fingerprint density at radius 1 is 1.09 bits per heavy atom. The first-order valence-corrected chi connectivity index (χ1v) is 22.5. The molecule has 3 saturated carbocycles. The van der Waals surface area contributed by atoms with Gasteiger partial charge in [0.25, 0.3) is 5.56 Å². The molecule has 2 aromatic rings. The Hall–Kier alpha value is -3.04. The topological polar surface area (TPSA) is 104 Å². The summed E-state index contributed by atoms with van der Waals surface area (Å²) in [6.45, 7) is 23.4. The highest BCUT2D eigenvalue weighted by Crippen LogP contribution is 2.75. The van der Waals surface area contributed by atoms with Crippen LogP contribution in [0.2, 0.25) is 5.02 Å². The largest absolute Gasteiger partial charge is 0.462 e. The van der Waals surface area contributed by atoms with E-state index in [-0.39, 0.29) is 57.9 Å². The molecule has 0 aromatic carbocycles. The van der Waals surface area contributed by atoms with Crippen molar-refractivity contribution in [2.24, 2.45) is 45.3 Å². The average Bonchev–Trinajstić information content (AvgIpc) is 3.60. The standard InChI is InChI=1S/C48H71ClN4O5/c1-13-34(58-39(56)27-44(6,7)29-54)19-20-45(8)31(4)18-21-47(10)37(45)16-15-35-41-40(30(2)3)36(55)26-48(41,23-22-46(35,47)9)42-32(5)43(57)53(52(42)25-24-51(11)12)38-17-14-33(49)28-50-38/h14,17,28-31,34-35,37H,13,15-16,18-27H2,1-12H3/t31?,34?,35?,37?,45?,46-,47?,48?/m1/s1. The Morgan fingerprint density at radius 2 is 1.79 bits per heavy atom. The molecular formula is C48H71ClN4O5. The number of aldehydes is 1. The second-order valence-electron chi connectivity index (χ2n) is 20.8. The van der Waals surface area contributed by atoms with Crippen LogP contribution in [-0.4, -0.2) is 64.0 Å². The van der Waals surface area contributed by atoms with Crippen LogP contribution in [0.1, 0.15) is 144 Å². The number of pyridine rings is 1. The third-order valence-corrected chi connectivity index (χ3v) is 16.6. The van der Waals surface area contributed by atoms with Crippen molar-refractivity contribution in [3.05, 3.63) is 56.1 Å². The normalized spacial score (nSPS) is 31.6. The highest BCUT2D eigenvalue weighted by Gasteiger charge is 2.68. The number of carbonyl (C=O) groups excluding carboxylic acids is 3. The second kappa shape index (κ2) is 16.1. The van der Waals surface area contributed by atoms with Crippen LogP contribution in [-0.2, 0) is 31.1 Å². The number of rotatable bonds is 14. The minimum Gasteiger partial charge on any atom is -0.462 e. The maximum absolute atomic E-state index is 14.6. The first-order chi connectivity index (χ1) is 27.1. The fourth-order valence-electron chi connectivity index (χ4n) is 12.8. The van der Waals surface area contributed by atoms with E-state index in [0.29, 0.717) is 41.2 Å². The summed E-state index contributed by atoms with van der Waals surface area (Å²) in [4.78, 5) is 60.4. The monoisotopic (exact) mass is 819 g/mol. The zero-order valence-corrected chi connectivity index (χ0v) is 38.4. The molecule has 6 rings (SSSR count). The quantitative estimate of drug-likeness (QED) is 0.138. The van der Waals surface area contributed by atoms with Crippen molar-refractivity contribution in [3.8, 4) is 5.82 Å². The van der Waals surface area contributed by atoms with Crippen molar-refractivity contribution in [1.29, 1.82) is 0 Å². The molecule has 320 valence electrons. The Balaban J connectivity index is 1.41. The zero-order valence-electron chi connectivity index (χ0n) is 37.6. The van der Waals surface area contributed by atoms with Gasteiger partial charge in [-0.15, -0.1) is 0 Å². The molecule has 10 heteroatoms. The van der Waals surface area contributed by atoms with Crippen LogP contribution in [0.3, 0.4) is 0 Å². The highest BCUT2D eigenvalue weighted by molar-refractivity contribution is 6.30. The minimum absolute atomic E-state index is 0.0230. The Morgan fingerprint density at radius 3 is 2.40 bits per heavy atom. The summed E-state index contributed by atoms with van der Waals surface area (Å²) >= 11 is 6.28. The fraction of sp³-hybridized carbons (Fsp3) is 0.729. The second-order valence-corrected chi connectivity index (χ2v) is 21.3. The lowest BCUT2D eigenvalue weighted by Gasteiger charge is -2.69. The molecule has 0 spiro atoms. The number of aromatic nitrogens is 3. The van der Waals surface area contributed by atoms with E-state index in [1.165, 1.54) is 5.57 Å². The molecule has 3 fully saturated rings. The number of nitrogens with zero attached hydrogens (tertiary/aromatic N) is 4. The maximum atomic E-state index is 14.6. The molecule has 0 aliphatic heterocycles. The van der Waals surface area contributed by atoms with Crippen molar-refractivity contribution in [2.45, 2.75) is 158 Å². The molecule has 4 aliphatic rings. The summed E-state index contributed by atoms with van der Waals surface area (Å²) in [6, 6.07) is 3.60. The van der Waals surface area contributed by atoms with E-state index in [4.69, 9.17) is 16.3 Å². The third kappa shape index (κ3) is 7.30. The molecule has 0 amide bonds. The summed E-state index contributed by atoms with van der Waals surface area (Å²) in [7, 11) is 4.10. The van der Waals surface area contributed by atoms with Gasteiger partial charge in [-0.05, 0) is 142 Å². The molecule has 58 heavy (non-hydrogen) atoms. The van der Waals surface area contributed by atoms with Gasteiger partial charge >= 0.3 is 5.97 Å². The molecule has 7 unspecified atom stereocenters. The van der Waals surface area contributed by atoms with E-state index < -0.39 is 10.8 Å². The number of hydrogen-bond acceptors (Lipinski definition) is 7. The number of ether oxygens (including phenoxy) is 1. The third-order valence-electron chi connectivity index (χ3n) is 16.4. The summed E-state index contributed by atoms with van der Waals surface area (Å²) in [5.74, 6) is 1.75. The number of esters is 1. The molecule has 4 aliphatic carbocycles. The Kier molecular flexibility index (Phi) is 12.4. The summed E-state index contributed by atoms with van der Waals surface area (Å²) < 4.78 is 9.94. The molecule has 2 aromatic heterocycles. The summed E-state index contributed by atoms with van der Waals surface area (Å²) in [5.41, 5.74) is 2.63. The van der Waals surface area contributed by atoms with Crippen LogP contribution in [0.5, 0.6) is 0 Å². The predicted octanol–water partition coefficient (Wildman–Crippen LogP) is 9.71. The summed E-state index contributed by atoms with van der Waals surface area (Å²) in [6.07, 6.45) is 11.4. The number of ketones is 1. The summed E-state index contributed by atoms with van der Waals surface area (Å²) in [5, 5.41) is 0.514. The number of likely N-dealkylation sites (N-methyl/N-ethyl adjacent to an activating group) is 1. The lowest BCUT2D eigenvalue weighted by Crippen LogP contribution is -2.62. The molecule has 2 heterocycles. The first-order valence-electron chi connectivity index (χ1n) is 22.1. The fourth-order valence-corrected chi connectivity index (χ4v) is 12.9. The number of fused-ring (bicyclic) bond motifs is 5. The van der Waals surface area contributed by atoms with Crippen molar-refractivity contribution in [3.63, 3.8) is 0 Å². The zero-order chi connectivity index (χ0) is 42.7. The predicted molar refractivity (Wildman–Crippen MR) is 231 cm³/mol. The van der Waals surface area contributed by atoms with E-state index in [9.17, 15) is 19.2 Å². The molecular weight excluding hydrogens is 748 g/mol. The van der Waals surface area contributed by atoms with Crippen molar-refractivity contribution in [2.75, 3.05) is 20.6 Å². The van der Waals surface area contributed by atoms with E-state index in [0.717, 1.165) is 81.9 Å². The highest BCUT2D eigenvalue weighted by atomic mass is 35.5. The Labute approximate surface area is 352 Å². The van der Waals surface area contributed by atoms with Crippen molar-refractivity contribution in [1.82, 2.24) is 19.2 Å². The van der Waals surface area contributed by atoms with Crippen LogP contribution < -0.4 is 5.56 Å². The lowest BCUT2D eigenvalue weighted by atomic mass is 9.35. The van der Waals surface area contributed by atoms with Gasteiger partial charge in [-0.1, -0.05) is 73.9 Å². The minimum atomic E-state index is -0.734. The van der Waals surface area contributed by atoms with E-state index in [2.05, 4.69) is 63.0 Å². The van der Waals surface area contributed by atoms with Crippen LogP contribution >= 0.6 is 11.6 Å². The maximum Gasteiger partial charge on any atom is 0.307 e. The van der Waals surface area contributed by atoms with Gasteiger partial charge in [-0.2, -0.15) is 4.68 Å². The van der Waals surface area contributed by atoms with Gasteiger partial charge < -0.3 is 14.4 Å². The van der Waals surface area contributed by atoms with Crippen LogP contribution in [0.4, 0.5) is 0 Å². The smallest absolute Gasteiger partial charge is 0.307 e. The molecule has 0 radical (unpaired) electrons. The first kappa shape index (κ1) is 44.5. The molecule has 8 atom stereocenters. The Bertz CT molecular complexity index is 1990. The van der Waals surface area contributed by atoms with Crippen LogP contribution in [0, 0.1) is 52.3 Å². The number of hydrogen-bond donors (Lipinski definition) is 0. The SMILES string of the molecule is CCC(CCC1(C)C(C)CCC2(C)C1CCC1C3=C(C(C)C)C(=O)CC3(c3c(C)c(=O)n(-c4ccc(Cl)cn4)n3CCN(C)C)CC[C@]12C)OC(=O)CC(C)(C)C=O. The molecule has 0 N–H and O–H groups in total. The number of allylic oxidation sites excluding steroid dienone is 2. The lowest BCUT2D eigenvalue weighted by molar-refractivity contribution is -0.184. The van der Waals surface area contributed by atoms with Gasteiger partial charge in [0.1, 0.15) is 12.4 Å². The van der Waals surface area contributed by atoms with E-state index in [1.807, 2.05) is 27.1 Å². The number of carbonyl (C=O) groups is 3. The van der Waals surface area contributed by atoms with Gasteiger partial charge in [-0.25, -0.2) is 4.98 Å². The molecule has 0 saturated heterocycles. The molecule has 0 bridgehead atoms. The van der Waals surface area contributed by atoms with Crippen molar-refractivity contribution < 1.29 is 19.1 Å². The van der Waals surface area contributed by atoms with Crippen LogP contribution in [0.15, 0.2) is 34.3 Å². The van der Waals surface area contributed by atoms with Gasteiger partial charge in [0.15, 0.2) is 11.6 Å². The van der Waals surface area contributed by atoms with E-state index in [1.54, 1.807) is 30.8 Å². The van der Waals surface area contributed by atoms with Gasteiger partial charge in [0, 0.05) is 35.6 Å². The van der Waals surface area contributed by atoms with Gasteiger partial charge in [-0.3, -0.25) is 19.1 Å². The van der Waals surface area contributed by atoms with Crippen molar-refractivity contribution >= 4 is 29.6 Å².